The molecule has 3 heterocycles. The number of aromatic nitrogens is 3. The lowest BCUT2D eigenvalue weighted by molar-refractivity contribution is 0.173. The lowest BCUT2D eigenvalue weighted by Crippen LogP contribution is -2.17. The molecule has 2 aliphatic rings. The van der Waals surface area contributed by atoms with E-state index in [4.69, 9.17) is 18.9 Å². The quantitative estimate of drug-likeness (QED) is 0.737. The fraction of sp³-hybridized carbons (Fsp3) is 0.250. The molecule has 8 nitrogen and oxygen atoms in total. The molecule has 1 aromatic heterocycles. The zero-order chi connectivity index (χ0) is 18.9. The Morgan fingerprint density at radius 3 is 2.93 bits per heavy atom. The van der Waals surface area contributed by atoms with E-state index in [0.29, 0.717) is 23.9 Å². The molecule has 0 aliphatic carbocycles. The number of para-hydroxylation sites is 1. The van der Waals surface area contributed by atoms with Gasteiger partial charge in [0.1, 0.15) is 0 Å². The Balaban J connectivity index is 1.57. The van der Waals surface area contributed by atoms with Crippen LogP contribution < -0.4 is 24.3 Å². The van der Waals surface area contributed by atoms with Gasteiger partial charge in [0.15, 0.2) is 23.4 Å². The Bertz CT molecular complexity index is 1030. The van der Waals surface area contributed by atoms with Crippen LogP contribution in [0, 0.1) is 0 Å². The average molecular weight is 378 g/mol. The Morgan fingerprint density at radius 2 is 2.00 bits per heavy atom. The third-order valence-electron chi connectivity index (χ3n) is 4.47. The number of hydrogen-bond acceptors (Lipinski definition) is 8. The standard InChI is InChI=1S/C20H18N4O4/c1-2-9-25-20-22-19-17(23-24-20)13-5-3-4-6-14(13)21-18(28-19)12-7-8-15-16(10-12)27-11-26-15/h3-8,10,18,21H,2,9,11H2,1H3. The van der Waals surface area contributed by atoms with Crippen molar-refractivity contribution in [2.45, 2.75) is 19.6 Å². The minimum Gasteiger partial charge on any atom is -0.462 e. The predicted octanol–water partition coefficient (Wildman–Crippen LogP) is 3.56. The van der Waals surface area contributed by atoms with E-state index >= 15 is 0 Å². The Labute approximate surface area is 161 Å². The number of hydrogen-bond donors (Lipinski definition) is 1. The molecule has 2 aliphatic heterocycles. The van der Waals surface area contributed by atoms with Crippen LogP contribution in [-0.4, -0.2) is 28.6 Å². The second-order valence-electron chi connectivity index (χ2n) is 6.40. The highest BCUT2D eigenvalue weighted by atomic mass is 16.7. The van der Waals surface area contributed by atoms with Gasteiger partial charge in [-0.25, -0.2) is 0 Å². The Morgan fingerprint density at radius 1 is 1.11 bits per heavy atom. The summed E-state index contributed by atoms with van der Waals surface area (Å²) in [4.78, 5) is 4.44. The smallest absolute Gasteiger partial charge is 0.339 e. The van der Waals surface area contributed by atoms with Gasteiger partial charge in [-0.15, -0.1) is 5.10 Å². The summed E-state index contributed by atoms with van der Waals surface area (Å²) in [6.45, 7) is 2.75. The van der Waals surface area contributed by atoms with Crippen LogP contribution in [0.15, 0.2) is 42.5 Å². The van der Waals surface area contributed by atoms with E-state index in [0.717, 1.165) is 29.0 Å². The fourth-order valence-corrected chi connectivity index (χ4v) is 3.13. The lowest BCUT2D eigenvalue weighted by atomic mass is 10.1. The van der Waals surface area contributed by atoms with Crippen molar-refractivity contribution < 1.29 is 18.9 Å². The average Bonchev–Trinajstić information content (AvgIpc) is 3.13. The molecule has 2 aromatic carbocycles. The zero-order valence-corrected chi connectivity index (χ0v) is 15.2. The second kappa shape index (κ2) is 6.88. The van der Waals surface area contributed by atoms with Crippen LogP contribution in [0.2, 0.25) is 0 Å². The summed E-state index contributed by atoms with van der Waals surface area (Å²) < 4.78 is 22.6. The number of ether oxygens (including phenoxy) is 4. The van der Waals surface area contributed by atoms with Crippen LogP contribution in [0.5, 0.6) is 23.4 Å². The topological polar surface area (TPSA) is 87.6 Å². The van der Waals surface area contributed by atoms with Gasteiger partial charge in [0.05, 0.1) is 6.61 Å². The maximum atomic E-state index is 6.20. The summed E-state index contributed by atoms with van der Waals surface area (Å²) >= 11 is 0. The van der Waals surface area contributed by atoms with E-state index in [-0.39, 0.29) is 12.8 Å². The molecule has 0 amide bonds. The molecule has 0 radical (unpaired) electrons. The van der Waals surface area contributed by atoms with Crippen molar-refractivity contribution in [3.8, 4) is 34.6 Å². The van der Waals surface area contributed by atoms with E-state index in [1.807, 2.05) is 49.4 Å². The molecule has 1 N–H and O–H groups in total. The first kappa shape index (κ1) is 16.6. The third-order valence-corrected chi connectivity index (χ3v) is 4.47. The van der Waals surface area contributed by atoms with Crippen molar-refractivity contribution in [2.75, 3.05) is 18.7 Å². The minimum absolute atomic E-state index is 0.199. The van der Waals surface area contributed by atoms with Gasteiger partial charge in [0.2, 0.25) is 12.7 Å². The van der Waals surface area contributed by atoms with E-state index in [9.17, 15) is 0 Å². The number of rotatable bonds is 4. The SMILES string of the molecule is CCCOc1nnc2c(n1)OC(c1ccc3c(c1)OCO3)Nc1ccccc1-2. The fourth-order valence-electron chi connectivity index (χ4n) is 3.13. The van der Waals surface area contributed by atoms with E-state index in [2.05, 4.69) is 20.5 Å². The van der Waals surface area contributed by atoms with Gasteiger partial charge in [0.25, 0.3) is 0 Å². The van der Waals surface area contributed by atoms with Crippen molar-refractivity contribution in [3.63, 3.8) is 0 Å². The van der Waals surface area contributed by atoms with Gasteiger partial charge in [-0.3, -0.25) is 0 Å². The summed E-state index contributed by atoms with van der Waals surface area (Å²) in [6, 6.07) is 13.7. The van der Waals surface area contributed by atoms with E-state index in [1.54, 1.807) is 0 Å². The molecular weight excluding hydrogens is 360 g/mol. The van der Waals surface area contributed by atoms with Crippen molar-refractivity contribution in [1.29, 1.82) is 0 Å². The van der Waals surface area contributed by atoms with Gasteiger partial charge in [-0.2, -0.15) is 4.98 Å². The number of fused-ring (bicyclic) bond motifs is 4. The molecule has 5 rings (SSSR count). The van der Waals surface area contributed by atoms with Gasteiger partial charge >= 0.3 is 6.01 Å². The highest BCUT2D eigenvalue weighted by molar-refractivity contribution is 5.79. The van der Waals surface area contributed by atoms with Crippen LogP contribution in [0.4, 0.5) is 5.69 Å². The molecule has 8 heteroatoms. The zero-order valence-electron chi connectivity index (χ0n) is 15.2. The van der Waals surface area contributed by atoms with Gasteiger partial charge in [-0.1, -0.05) is 30.2 Å². The molecule has 3 aromatic rings. The van der Waals surface area contributed by atoms with Crippen molar-refractivity contribution >= 4 is 5.69 Å². The molecule has 0 saturated carbocycles. The van der Waals surface area contributed by atoms with Crippen LogP contribution in [0.1, 0.15) is 25.1 Å². The summed E-state index contributed by atoms with van der Waals surface area (Å²) in [6.07, 6.45) is 0.360. The lowest BCUT2D eigenvalue weighted by Gasteiger charge is -2.19. The monoisotopic (exact) mass is 378 g/mol. The number of anilines is 1. The van der Waals surface area contributed by atoms with Crippen LogP contribution >= 0.6 is 0 Å². The van der Waals surface area contributed by atoms with E-state index in [1.165, 1.54) is 0 Å². The maximum Gasteiger partial charge on any atom is 0.339 e. The molecule has 0 saturated heterocycles. The minimum atomic E-state index is -0.493. The largest absolute Gasteiger partial charge is 0.462 e. The highest BCUT2D eigenvalue weighted by Gasteiger charge is 2.27. The second-order valence-corrected chi connectivity index (χ2v) is 6.40. The molecule has 28 heavy (non-hydrogen) atoms. The van der Waals surface area contributed by atoms with Crippen LogP contribution in [0.25, 0.3) is 11.3 Å². The predicted molar refractivity (Wildman–Crippen MR) is 101 cm³/mol. The van der Waals surface area contributed by atoms with Crippen molar-refractivity contribution in [2.24, 2.45) is 0 Å². The van der Waals surface area contributed by atoms with E-state index < -0.39 is 6.23 Å². The van der Waals surface area contributed by atoms with Crippen molar-refractivity contribution in [3.05, 3.63) is 48.0 Å². The van der Waals surface area contributed by atoms with Gasteiger partial charge < -0.3 is 24.3 Å². The molecule has 0 spiro atoms. The first-order valence-electron chi connectivity index (χ1n) is 9.11. The summed E-state index contributed by atoms with van der Waals surface area (Å²) in [5, 5.41) is 11.8. The first-order valence-corrected chi connectivity index (χ1v) is 9.11. The highest BCUT2D eigenvalue weighted by Crippen LogP contribution is 2.41. The molecule has 1 atom stereocenters. The number of benzene rings is 2. The van der Waals surface area contributed by atoms with Gasteiger partial charge in [-0.05, 0) is 30.7 Å². The molecule has 1 unspecified atom stereocenters. The van der Waals surface area contributed by atoms with Gasteiger partial charge in [0, 0.05) is 16.8 Å². The Hall–Kier alpha value is -3.55. The summed E-state index contributed by atoms with van der Waals surface area (Å²) in [5.74, 6) is 1.77. The van der Waals surface area contributed by atoms with Crippen molar-refractivity contribution in [1.82, 2.24) is 15.2 Å². The molecule has 142 valence electrons. The summed E-state index contributed by atoms with van der Waals surface area (Å²) in [5.41, 5.74) is 3.18. The first-order chi connectivity index (χ1) is 13.8. The number of nitrogens with zero attached hydrogens (tertiary/aromatic N) is 3. The maximum absolute atomic E-state index is 6.20. The number of nitrogens with one attached hydrogen (secondary N) is 1. The summed E-state index contributed by atoms with van der Waals surface area (Å²) in [7, 11) is 0. The molecule has 0 fully saturated rings. The van der Waals surface area contributed by atoms with Crippen LogP contribution in [-0.2, 0) is 0 Å². The molecule has 0 bridgehead atoms. The molecular formula is C20H18N4O4. The van der Waals surface area contributed by atoms with Crippen LogP contribution in [0.3, 0.4) is 0 Å². The third kappa shape index (κ3) is 2.92. The normalized spacial score (nSPS) is 16.2. The Kier molecular flexibility index (Phi) is 4.08.